The second-order valence-electron chi connectivity index (χ2n) is 7.97. The third-order valence-electron chi connectivity index (χ3n) is 5.58. The molecular weight excluding hydrogens is 463 g/mol. The van der Waals surface area contributed by atoms with Crippen LogP contribution in [0.3, 0.4) is 0 Å². The van der Waals surface area contributed by atoms with Crippen LogP contribution in [-0.2, 0) is 17.6 Å². The number of benzene rings is 3. The Labute approximate surface area is 199 Å². The Hall–Kier alpha value is -3.94. The van der Waals surface area contributed by atoms with Gasteiger partial charge < -0.3 is 9.40 Å². The number of oxime groups is 1. The molecule has 0 aliphatic heterocycles. The zero-order valence-corrected chi connectivity index (χ0v) is 18.9. The Morgan fingerprint density at radius 1 is 0.914 bits per heavy atom. The van der Waals surface area contributed by atoms with E-state index < -0.39 is 17.6 Å². The molecule has 0 unspecified atom stereocenters. The molecule has 1 heterocycles. The fourth-order valence-corrected chi connectivity index (χ4v) is 3.79. The normalized spacial score (nSPS) is 12.1. The van der Waals surface area contributed by atoms with Crippen LogP contribution < -0.4 is 0 Å². The summed E-state index contributed by atoms with van der Waals surface area (Å²) in [6, 6.07) is 18.7. The second-order valence-corrected chi connectivity index (χ2v) is 7.97. The maximum Gasteiger partial charge on any atom is 0.416 e. The lowest BCUT2D eigenvalue weighted by atomic mass is 10.1. The fourth-order valence-electron chi connectivity index (χ4n) is 3.79. The van der Waals surface area contributed by atoms with Gasteiger partial charge in [0.25, 0.3) is 0 Å². The predicted octanol–water partition coefficient (Wildman–Crippen LogP) is 7.69. The number of alkyl halides is 3. The first kappa shape index (κ1) is 24.2. The predicted molar refractivity (Wildman–Crippen MR) is 124 cm³/mol. The smallest absolute Gasteiger partial charge is 0.391 e. The lowest BCUT2D eigenvalue weighted by Crippen LogP contribution is -2.05. The summed E-state index contributed by atoms with van der Waals surface area (Å²) >= 11 is 0. The van der Waals surface area contributed by atoms with Gasteiger partial charge in [0, 0.05) is 11.3 Å². The summed E-state index contributed by atoms with van der Waals surface area (Å²) < 4.78 is 68.1. The summed E-state index contributed by atoms with van der Waals surface area (Å²) in [6.45, 7) is 3.51. The first-order valence-corrected chi connectivity index (χ1v) is 10.7. The molecule has 0 atom stereocenters. The molecule has 0 aliphatic carbocycles. The van der Waals surface area contributed by atoms with Gasteiger partial charge in [0.05, 0.1) is 22.7 Å². The highest BCUT2D eigenvalue weighted by atomic mass is 19.4. The average Bonchev–Trinajstić information content (AvgIpc) is 3.16. The highest BCUT2D eigenvalue weighted by Crippen LogP contribution is 2.32. The quantitative estimate of drug-likeness (QED) is 0.157. The molecule has 3 nitrogen and oxygen atoms in total. The Morgan fingerprint density at radius 2 is 1.57 bits per heavy atom. The van der Waals surface area contributed by atoms with E-state index in [9.17, 15) is 22.0 Å². The number of aromatic nitrogens is 1. The Balaban J connectivity index is 1.65. The van der Waals surface area contributed by atoms with Crippen molar-refractivity contribution in [1.29, 1.82) is 0 Å². The van der Waals surface area contributed by atoms with Crippen molar-refractivity contribution < 1.29 is 26.8 Å². The van der Waals surface area contributed by atoms with Gasteiger partial charge in [0.2, 0.25) is 0 Å². The van der Waals surface area contributed by atoms with Gasteiger partial charge >= 0.3 is 6.18 Å². The molecule has 8 heteroatoms. The van der Waals surface area contributed by atoms with Gasteiger partial charge in [-0.3, -0.25) is 0 Å². The van der Waals surface area contributed by atoms with Crippen LogP contribution in [0.15, 0.2) is 84.0 Å². The Morgan fingerprint density at radius 3 is 2.20 bits per heavy atom. The molecule has 4 rings (SSSR count). The Bertz CT molecular complexity index is 1350. The first-order valence-electron chi connectivity index (χ1n) is 10.7. The van der Waals surface area contributed by atoms with Crippen LogP contribution in [0.1, 0.15) is 29.3 Å². The van der Waals surface area contributed by atoms with Crippen LogP contribution >= 0.6 is 0 Å². The van der Waals surface area contributed by atoms with Gasteiger partial charge in [-0.1, -0.05) is 29.4 Å². The largest absolute Gasteiger partial charge is 0.416 e. The van der Waals surface area contributed by atoms with Crippen molar-refractivity contribution in [1.82, 2.24) is 4.57 Å². The summed E-state index contributed by atoms with van der Waals surface area (Å²) in [5, 5.41) is 4.13. The molecule has 0 saturated heterocycles. The van der Waals surface area contributed by atoms with Crippen molar-refractivity contribution >= 4 is 5.71 Å². The molecule has 35 heavy (non-hydrogen) atoms. The zero-order chi connectivity index (χ0) is 25.2. The summed E-state index contributed by atoms with van der Waals surface area (Å²) in [7, 11) is 0. The minimum absolute atomic E-state index is 0.0205. The minimum atomic E-state index is -4.40. The van der Waals surface area contributed by atoms with E-state index in [1.165, 1.54) is 30.3 Å². The van der Waals surface area contributed by atoms with Gasteiger partial charge in [-0.05, 0) is 79.6 Å². The van der Waals surface area contributed by atoms with Crippen LogP contribution in [0.5, 0.6) is 0 Å². The van der Waals surface area contributed by atoms with E-state index in [1.807, 2.05) is 13.0 Å². The minimum Gasteiger partial charge on any atom is -0.391 e. The summed E-state index contributed by atoms with van der Waals surface area (Å²) in [6.07, 6.45) is -4.40. The van der Waals surface area contributed by atoms with E-state index in [-0.39, 0.29) is 12.4 Å². The molecule has 0 saturated carbocycles. The Kier molecular flexibility index (Phi) is 6.73. The summed E-state index contributed by atoms with van der Waals surface area (Å²) in [5.74, 6) is -0.807. The average molecular weight is 484 g/mol. The second kappa shape index (κ2) is 9.74. The molecule has 1 aromatic heterocycles. The topological polar surface area (TPSA) is 26.5 Å². The molecule has 3 aromatic carbocycles. The van der Waals surface area contributed by atoms with E-state index in [0.717, 1.165) is 12.1 Å². The molecule has 0 bridgehead atoms. The maximum atomic E-state index is 14.7. The molecule has 0 aliphatic rings. The van der Waals surface area contributed by atoms with Crippen molar-refractivity contribution in [3.8, 4) is 16.9 Å². The molecule has 180 valence electrons. The van der Waals surface area contributed by atoms with E-state index in [4.69, 9.17) is 4.84 Å². The highest BCUT2D eigenvalue weighted by molar-refractivity contribution is 6.01. The van der Waals surface area contributed by atoms with Gasteiger partial charge in [-0.25, -0.2) is 8.78 Å². The molecule has 0 amide bonds. The zero-order valence-electron chi connectivity index (χ0n) is 18.9. The van der Waals surface area contributed by atoms with Gasteiger partial charge in [-0.15, -0.1) is 0 Å². The third-order valence-corrected chi connectivity index (χ3v) is 5.58. The lowest BCUT2D eigenvalue weighted by molar-refractivity contribution is -0.137. The number of halogens is 5. The molecule has 0 radical (unpaired) electrons. The SMILES string of the molecule is C/C(=N/OCc1ccc(C(F)(F)F)cc1)c1cc(-c2ccc(F)cc2)n(-c2ccccc2F)c1C. The number of rotatable bonds is 6. The number of para-hydroxylation sites is 1. The molecule has 0 fully saturated rings. The van der Waals surface area contributed by atoms with Crippen molar-refractivity contribution in [2.75, 3.05) is 0 Å². The van der Waals surface area contributed by atoms with Crippen molar-refractivity contribution in [2.45, 2.75) is 26.6 Å². The fraction of sp³-hybridized carbons (Fsp3) is 0.148. The van der Waals surface area contributed by atoms with Crippen molar-refractivity contribution in [3.05, 3.63) is 113 Å². The third kappa shape index (κ3) is 5.26. The summed E-state index contributed by atoms with van der Waals surface area (Å²) in [5.41, 5.74) is 3.31. The highest BCUT2D eigenvalue weighted by Gasteiger charge is 2.29. The first-order chi connectivity index (χ1) is 16.6. The van der Waals surface area contributed by atoms with E-state index in [1.54, 1.807) is 41.8 Å². The van der Waals surface area contributed by atoms with Gasteiger partial charge in [-0.2, -0.15) is 13.2 Å². The monoisotopic (exact) mass is 484 g/mol. The molecular formula is C27H21F5N2O. The van der Waals surface area contributed by atoms with Crippen LogP contribution in [-0.4, -0.2) is 10.3 Å². The van der Waals surface area contributed by atoms with Crippen molar-refractivity contribution in [3.63, 3.8) is 0 Å². The standard InChI is InChI=1S/C27H21F5N2O/c1-17(33-35-16-19-7-11-21(12-8-19)27(30,31)32)23-15-26(20-9-13-22(28)14-10-20)34(18(23)2)25-6-4-3-5-24(25)29/h3-15H,16H2,1-2H3/b33-17-. The summed E-state index contributed by atoms with van der Waals surface area (Å²) in [4.78, 5) is 5.39. The van der Waals surface area contributed by atoms with Gasteiger partial charge in [0.1, 0.15) is 18.2 Å². The number of nitrogens with zero attached hydrogens (tertiary/aromatic N) is 2. The van der Waals surface area contributed by atoms with Crippen LogP contribution in [0.2, 0.25) is 0 Å². The lowest BCUT2D eigenvalue weighted by Gasteiger charge is -2.13. The molecule has 0 spiro atoms. The van der Waals surface area contributed by atoms with Crippen molar-refractivity contribution in [2.24, 2.45) is 5.16 Å². The molecule has 0 N–H and O–H groups in total. The van der Waals surface area contributed by atoms with Crippen LogP contribution in [0.4, 0.5) is 22.0 Å². The number of hydrogen-bond donors (Lipinski definition) is 0. The number of hydrogen-bond acceptors (Lipinski definition) is 2. The van der Waals surface area contributed by atoms with E-state index in [0.29, 0.717) is 39.5 Å². The van der Waals surface area contributed by atoms with Crippen LogP contribution in [0, 0.1) is 18.6 Å². The maximum absolute atomic E-state index is 14.7. The van der Waals surface area contributed by atoms with E-state index >= 15 is 0 Å². The molecule has 4 aromatic rings. The van der Waals surface area contributed by atoms with Crippen LogP contribution in [0.25, 0.3) is 16.9 Å². The van der Waals surface area contributed by atoms with Gasteiger partial charge in [0.15, 0.2) is 0 Å². The van der Waals surface area contributed by atoms with E-state index in [2.05, 4.69) is 5.16 Å².